The number of esters is 2. The number of carbonyl (C=O) groups excluding carboxylic acids is 2. The van der Waals surface area contributed by atoms with E-state index < -0.39 is 18.0 Å². The molecule has 1 atom stereocenters. The molecule has 39 heavy (non-hydrogen) atoms. The molecule has 3 aromatic carbocycles. The summed E-state index contributed by atoms with van der Waals surface area (Å²) in [5, 5.41) is 0. The molecular weight excluding hydrogens is 512 g/mol. The summed E-state index contributed by atoms with van der Waals surface area (Å²) in [6.07, 6.45) is 1.83. The maximum Gasteiger partial charge on any atom is 0.338 e. The summed E-state index contributed by atoms with van der Waals surface area (Å²) in [6, 6.07) is 23.2. The molecule has 1 aromatic heterocycles. The van der Waals surface area contributed by atoms with Crippen molar-refractivity contribution in [3.63, 3.8) is 0 Å². The monoisotopic (exact) mass is 538 g/mol. The lowest BCUT2D eigenvalue weighted by molar-refractivity contribution is -0.140. The fourth-order valence-corrected chi connectivity index (χ4v) is 5.48. The normalized spacial score (nSPS) is 14.9. The summed E-state index contributed by atoms with van der Waals surface area (Å²) in [5.74, 6) is -1.03. The highest BCUT2D eigenvalue weighted by atomic mass is 32.1. The predicted molar refractivity (Wildman–Crippen MR) is 149 cm³/mol. The van der Waals surface area contributed by atoms with Crippen molar-refractivity contribution in [2.24, 2.45) is 4.99 Å². The summed E-state index contributed by atoms with van der Waals surface area (Å²) in [6.45, 7) is 3.83. The van der Waals surface area contributed by atoms with E-state index in [2.05, 4.69) is 4.99 Å². The lowest BCUT2D eigenvalue weighted by Crippen LogP contribution is -2.39. The molecule has 0 aliphatic carbocycles. The minimum absolute atomic E-state index is 0.0856. The number of rotatable bonds is 6. The van der Waals surface area contributed by atoms with Gasteiger partial charge in [0.2, 0.25) is 0 Å². The first kappa shape index (κ1) is 26.1. The molecule has 1 unspecified atom stereocenters. The molecule has 0 amide bonds. The van der Waals surface area contributed by atoms with Crippen LogP contribution in [0.3, 0.4) is 0 Å². The SMILES string of the molecule is COC(=O)c1ccc(C2C(C(=O)OCc3ccccc3)=C(C)N=c3sc(=Cc4ccc(C)cc4)c(=O)n32)cc1. The van der Waals surface area contributed by atoms with Crippen LogP contribution in [0.4, 0.5) is 0 Å². The number of allylic oxidation sites excluding steroid dienone is 1. The lowest BCUT2D eigenvalue weighted by atomic mass is 9.95. The molecule has 2 heterocycles. The van der Waals surface area contributed by atoms with Crippen molar-refractivity contribution in [3.8, 4) is 0 Å². The Labute approximate surface area is 229 Å². The highest BCUT2D eigenvalue weighted by Crippen LogP contribution is 2.31. The molecule has 4 aromatic rings. The highest BCUT2D eigenvalue weighted by molar-refractivity contribution is 7.07. The smallest absolute Gasteiger partial charge is 0.338 e. The van der Waals surface area contributed by atoms with Crippen LogP contribution in [0.2, 0.25) is 0 Å². The molecule has 0 spiro atoms. The number of aromatic nitrogens is 1. The highest BCUT2D eigenvalue weighted by Gasteiger charge is 2.33. The lowest BCUT2D eigenvalue weighted by Gasteiger charge is -2.25. The third-order valence-electron chi connectivity index (χ3n) is 6.48. The number of carbonyl (C=O) groups is 2. The third-order valence-corrected chi connectivity index (χ3v) is 7.46. The Balaban J connectivity index is 1.61. The number of ether oxygens (including phenoxy) is 2. The molecule has 0 saturated carbocycles. The first-order valence-corrected chi connectivity index (χ1v) is 13.2. The number of nitrogens with zero attached hydrogens (tertiary/aromatic N) is 2. The Kier molecular flexibility index (Phi) is 7.38. The molecule has 5 rings (SSSR count). The van der Waals surface area contributed by atoms with E-state index >= 15 is 0 Å². The first-order chi connectivity index (χ1) is 18.9. The zero-order valence-electron chi connectivity index (χ0n) is 21.7. The topological polar surface area (TPSA) is 87.0 Å². The number of thiazole rings is 1. The average Bonchev–Trinajstić information content (AvgIpc) is 3.26. The molecule has 1 aliphatic rings. The van der Waals surface area contributed by atoms with Crippen LogP contribution in [-0.4, -0.2) is 23.6 Å². The summed E-state index contributed by atoms with van der Waals surface area (Å²) in [5.41, 5.74) is 4.35. The standard InChI is InChI=1S/C31H26N2O5S/c1-19-9-11-21(12-10-19)17-25-28(34)33-27(23-13-15-24(16-14-23)29(35)37-3)26(20(2)32-31(33)39-25)30(36)38-18-22-7-5-4-6-8-22/h4-17,27H,18H2,1-3H3. The van der Waals surface area contributed by atoms with Crippen molar-refractivity contribution >= 4 is 29.4 Å². The molecule has 0 fully saturated rings. The van der Waals surface area contributed by atoms with Crippen LogP contribution in [0, 0.1) is 6.92 Å². The first-order valence-electron chi connectivity index (χ1n) is 12.3. The summed E-state index contributed by atoms with van der Waals surface area (Å²) >= 11 is 1.27. The van der Waals surface area contributed by atoms with E-state index in [0.717, 1.165) is 16.7 Å². The molecule has 1 aliphatic heterocycles. The van der Waals surface area contributed by atoms with Gasteiger partial charge < -0.3 is 9.47 Å². The minimum Gasteiger partial charge on any atom is -0.465 e. The van der Waals surface area contributed by atoms with Gasteiger partial charge in [0.05, 0.1) is 34.5 Å². The Morgan fingerprint density at radius 2 is 1.64 bits per heavy atom. The van der Waals surface area contributed by atoms with Crippen LogP contribution >= 0.6 is 11.3 Å². The molecule has 196 valence electrons. The van der Waals surface area contributed by atoms with Crippen LogP contribution in [0.1, 0.15) is 45.6 Å². The van der Waals surface area contributed by atoms with E-state index in [0.29, 0.717) is 26.2 Å². The van der Waals surface area contributed by atoms with Gasteiger partial charge >= 0.3 is 11.9 Å². The number of hydrogen-bond acceptors (Lipinski definition) is 7. The van der Waals surface area contributed by atoms with Gasteiger partial charge in [-0.25, -0.2) is 14.6 Å². The number of fused-ring (bicyclic) bond motifs is 1. The zero-order chi connectivity index (χ0) is 27.5. The van der Waals surface area contributed by atoms with E-state index in [-0.39, 0.29) is 17.7 Å². The average molecular weight is 539 g/mol. The van der Waals surface area contributed by atoms with E-state index in [4.69, 9.17) is 9.47 Å². The van der Waals surface area contributed by atoms with E-state index in [1.165, 1.54) is 23.0 Å². The molecule has 8 heteroatoms. The van der Waals surface area contributed by atoms with E-state index in [1.54, 1.807) is 31.2 Å². The largest absolute Gasteiger partial charge is 0.465 e. The molecule has 0 bridgehead atoms. The zero-order valence-corrected chi connectivity index (χ0v) is 22.5. The summed E-state index contributed by atoms with van der Waals surface area (Å²) in [7, 11) is 1.31. The van der Waals surface area contributed by atoms with Gasteiger partial charge in [0.1, 0.15) is 6.61 Å². The Morgan fingerprint density at radius 3 is 2.31 bits per heavy atom. The van der Waals surface area contributed by atoms with Crippen molar-refractivity contribution in [2.45, 2.75) is 26.5 Å². The van der Waals surface area contributed by atoms with Crippen molar-refractivity contribution in [1.82, 2.24) is 4.57 Å². The van der Waals surface area contributed by atoms with Gasteiger partial charge in [-0.3, -0.25) is 9.36 Å². The Bertz CT molecular complexity index is 1750. The maximum atomic E-state index is 13.8. The van der Waals surface area contributed by atoms with Crippen LogP contribution < -0.4 is 14.9 Å². The van der Waals surface area contributed by atoms with Gasteiger partial charge in [-0.15, -0.1) is 0 Å². The van der Waals surface area contributed by atoms with Crippen LogP contribution in [0.25, 0.3) is 6.08 Å². The number of methoxy groups -OCH3 is 1. The number of aryl methyl sites for hydroxylation is 1. The predicted octanol–water partition coefficient (Wildman–Crippen LogP) is 4.07. The molecule has 0 N–H and O–H groups in total. The van der Waals surface area contributed by atoms with Crippen LogP contribution in [0.5, 0.6) is 0 Å². The van der Waals surface area contributed by atoms with Gasteiger partial charge in [0.15, 0.2) is 4.80 Å². The maximum absolute atomic E-state index is 13.8. The Morgan fingerprint density at radius 1 is 0.949 bits per heavy atom. The fourth-order valence-electron chi connectivity index (χ4n) is 4.43. The fraction of sp³-hybridized carbons (Fsp3) is 0.161. The Hall–Kier alpha value is -4.56. The minimum atomic E-state index is -0.781. The van der Waals surface area contributed by atoms with Crippen molar-refractivity contribution in [2.75, 3.05) is 7.11 Å². The van der Waals surface area contributed by atoms with Gasteiger partial charge in [-0.1, -0.05) is 83.6 Å². The summed E-state index contributed by atoms with van der Waals surface area (Å²) in [4.78, 5) is 44.4. The number of hydrogen-bond donors (Lipinski definition) is 0. The molecule has 0 saturated heterocycles. The van der Waals surface area contributed by atoms with Gasteiger partial charge in [-0.2, -0.15) is 0 Å². The second-order valence-corrected chi connectivity index (χ2v) is 10.2. The van der Waals surface area contributed by atoms with Crippen molar-refractivity contribution in [1.29, 1.82) is 0 Å². The van der Waals surface area contributed by atoms with E-state index in [1.807, 2.05) is 67.6 Å². The number of benzene rings is 3. The van der Waals surface area contributed by atoms with Crippen molar-refractivity contribution in [3.05, 3.63) is 138 Å². The van der Waals surface area contributed by atoms with Crippen LogP contribution in [0.15, 0.2) is 99.9 Å². The van der Waals surface area contributed by atoms with Gasteiger partial charge in [0.25, 0.3) is 5.56 Å². The second-order valence-electron chi connectivity index (χ2n) is 9.17. The molecular formula is C31H26N2O5S. The quantitative estimate of drug-likeness (QED) is 0.346. The van der Waals surface area contributed by atoms with Gasteiger partial charge in [-0.05, 0) is 48.7 Å². The summed E-state index contributed by atoms with van der Waals surface area (Å²) < 4.78 is 12.5. The molecule has 0 radical (unpaired) electrons. The van der Waals surface area contributed by atoms with Crippen LogP contribution in [-0.2, 0) is 20.9 Å². The van der Waals surface area contributed by atoms with Gasteiger partial charge in [0, 0.05) is 0 Å². The van der Waals surface area contributed by atoms with Crippen molar-refractivity contribution < 1.29 is 19.1 Å². The second kappa shape index (κ2) is 11.0. The third kappa shape index (κ3) is 5.37. The molecule has 7 nitrogen and oxygen atoms in total. The van der Waals surface area contributed by atoms with E-state index in [9.17, 15) is 14.4 Å².